The SMILES string of the molecule is Cc1ccc2c(oc3cc(F)ccc32)c1C1=C2C=CC(CC(C)(C)C(F)(F)F)=CC2N=CN1C. The predicted molar refractivity (Wildman–Crippen MR) is 127 cm³/mol. The van der Waals surface area contributed by atoms with Gasteiger partial charge >= 0.3 is 6.18 Å². The standard InChI is InChI=1S/C27H24F4N2O/c1-15-5-8-19-18-10-7-17(28)12-22(18)34-25(19)23(15)24-20-9-6-16(11-21(20)32-14-33(24)4)13-26(2,3)27(29,30)31/h5-12,14,21H,13H2,1-4H3. The number of hydrogen-bond acceptors (Lipinski definition) is 3. The Morgan fingerprint density at radius 1 is 1.06 bits per heavy atom. The van der Waals surface area contributed by atoms with Crippen LogP contribution in [0.1, 0.15) is 31.4 Å². The number of rotatable bonds is 3. The number of alkyl halides is 3. The molecule has 3 aromatic rings. The zero-order chi connectivity index (χ0) is 24.4. The molecule has 0 bridgehead atoms. The molecular weight excluding hydrogens is 444 g/mol. The number of furan rings is 1. The molecule has 2 aliphatic rings. The van der Waals surface area contributed by atoms with E-state index >= 15 is 0 Å². The first-order chi connectivity index (χ1) is 16.0. The first-order valence-corrected chi connectivity index (χ1v) is 11.0. The van der Waals surface area contributed by atoms with Crippen molar-refractivity contribution < 1.29 is 22.0 Å². The molecule has 0 N–H and O–H groups in total. The quantitative estimate of drug-likeness (QED) is 0.371. The summed E-state index contributed by atoms with van der Waals surface area (Å²) in [5.74, 6) is -0.372. The van der Waals surface area contributed by atoms with E-state index in [1.54, 1.807) is 24.6 Å². The van der Waals surface area contributed by atoms with Gasteiger partial charge in [-0.25, -0.2) is 4.39 Å². The van der Waals surface area contributed by atoms with Crippen LogP contribution in [0.5, 0.6) is 0 Å². The number of aliphatic imine (C=N–C) groups is 1. The minimum absolute atomic E-state index is 0.124. The van der Waals surface area contributed by atoms with E-state index in [9.17, 15) is 17.6 Å². The van der Waals surface area contributed by atoms with E-state index in [0.717, 1.165) is 33.2 Å². The highest BCUT2D eigenvalue weighted by molar-refractivity contribution is 6.09. The summed E-state index contributed by atoms with van der Waals surface area (Å²) >= 11 is 0. The van der Waals surface area contributed by atoms with Crippen molar-refractivity contribution in [2.75, 3.05) is 7.05 Å². The highest BCUT2D eigenvalue weighted by Crippen LogP contribution is 2.45. The van der Waals surface area contributed by atoms with E-state index in [1.807, 2.05) is 37.1 Å². The number of allylic oxidation sites excluding steroid dienone is 2. The normalized spacial score (nSPS) is 18.8. The van der Waals surface area contributed by atoms with Crippen LogP contribution in [-0.4, -0.2) is 30.5 Å². The third-order valence-electron chi connectivity index (χ3n) is 6.66. The molecule has 0 radical (unpaired) electrons. The number of benzene rings is 2. The van der Waals surface area contributed by atoms with E-state index in [1.165, 1.54) is 26.0 Å². The van der Waals surface area contributed by atoms with Crippen LogP contribution < -0.4 is 0 Å². The van der Waals surface area contributed by atoms with Crippen molar-refractivity contribution in [1.82, 2.24) is 4.90 Å². The van der Waals surface area contributed by atoms with Crippen LogP contribution in [0.25, 0.3) is 27.6 Å². The van der Waals surface area contributed by atoms with Gasteiger partial charge in [0, 0.05) is 35.0 Å². The fourth-order valence-electron chi connectivity index (χ4n) is 4.67. The van der Waals surface area contributed by atoms with Crippen molar-refractivity contribution in [3.05, 3.63) is 76.7 Å². The molecule has 0 spiro atoms. The molecule has 1 aromatic heterocycles. The fourth-order valence-corrected chi connectivity index (χ4v) is 4.67. The number of aryl methyl sites for hydroxylation is 1. The molecule has 34 heavy (non-hydrogen) atoms. The summed E-state index contributed by atoms with van der Waals surface area (Å²) in [5, 5.41) is 1.70. The van der Waals surface area contributed by atoms with Gasteiger partial charge in [0.2, 0.25) is 0 Å². The molecular formula is C27H24F4N2O. The number of nitrogens with zero attached hydrogens (tertiary/aromatic N) is 2. The number of halogens is 4. The van der Waals surface area contributed by atoms with E-state index in [2.05, 4.69) is 4.99 Å². The number of fused-ring (bicyclic) bond motifs is 4. The molecule has 2 heterocycles. The van der Waals surface area contributed by atoms with E-state index in [0.29, 0.717) is 16.7 Å². The Hall–Kier alpha value is -3.35. The lowest BCUT2D eigenvalue weighted by molar-refractivity contribution is -0.210. The van der Waals surface area contributed by atoms with Crippen molar-refractivity contribution in [1.29, 1.82) is 0 Å². The van der Waals surface area contributed by atoms with Crippen LogP contribution in [0.4, 0.5) is 17.6 Å². The molecule has 1 atom stereocenters. The van der Waals surface area contributed by atoms with E-state index in [4.69, 9.17) is 4.42 Å². The maximum atomic E-state index is 13.8. The molecule has 1 unspecified atom stereocenters. The van der Waals surface area contributed by atoms with Gasteiger partial charge in [0.25, 0.3) is 0 Å². The lowest BCUT2D eigenvalue weighted by atomic mass is 9.81. The summed E-state index contributed by atoms with van der Waals surface area (Å²) in [6.07, 6.45) is 2.67. The monoisotopic (exact) mass is 468 g/mol. The Morgan fingerprint density at radius 2 is 1.79 bits per heavy atom. The molecule has 5 rings (SSSR count). The number of hydrogen-bond donors (Lipinski definition) is 0. The summed E-state index contributed by atoms with van der Waals surface area (Å²) in [7, 11) is 1.88. The van der Waals surface area contributed by atoms with Crippen molar-refractivity contribution in [3.63, 3.8) is 0 Å². The molecule has 1 aliphatic carbocycles. The third kappa shape index (κ3) is 3.54. The van der Waals surface area contributed by atoms with E-state index in [-0.39, 0.29) is 12.2 Å². The molecule has 2 aromatic carbocycles. The van der Waals surface area contributed by atoms with Crippen LogP contribution >= 0.6 is 0 Å². The van der Waals surface area contributed by atoms with Gasteiger partial charge in [-0.05, 0) is 36.6 Å². The molecule has 1 aliphatic heterocycles. The Labute approximate surface area is 194 Å². The lowest BCUT2D eigenvalue weighted by Crippen LogP contribution is -2.33. The van der Waals surface area contributed by atoms with Crippen molar-refractivity contribution in [2.24, 2.45) is 10.4 Å². The molecule has 0 saturated carbocycles. The van der Waals surface area contributed by atoms with Gasteiger partial charge in [-0.3, -0.25) is 4.99 Å². The average Bonchev–Trinajstić information content (AvgIpc) is 3.11. The van der Waals surface area contributed by atoms with Crippen LogP contribution in [0.15, 0.2) is 69.1 Å². The van der Waals surface area contributed by atoms with Crippen LogP contribution in [-0.2, 0) is 0 Å². The van der Waals surface area contributed by atoms with Crippen molar-refractivity contribution in [3.8, 4) is 0 Å². The molecule has 7 heteroatoms. The molecule has 0 saturated heterocycles. The summed E-state index contributed by atoms with van der Waals surface area (Å²) < 4.78 is 60.3. The fraction of sp³-hybridized carbons (Fsp3) is 0.296. The molecule has 0 fully saturated rings. The average molecular weight is 468 g/mol. The summed E-state index contributed by atoms with van der Waals surface area (Å²) in [6.45, 7) is 4.40. The zero-order valence-electron chi connectivity index (χ0n) is 19.3. The van der Waals surface area contributed by atoms with E-state index < -0.39 is 17.6 Å². The molecule has 176 valence electrons. The maximum Gasteiger partial charge on any atom is 0.394 e. The van der Waals surface area contributed by atoms with Crippen molar-refractivity contribution in [2.45, 2.75) is 39.4 Å². The van der Waals surface area contributed by atoms with Gasteiger partial charge in [0.1, 0.15) is 17.0 Å². The minimum atomic E-state index is -4.30. The van der Waals surface area contributed by atoms with Gasteiger partial charge in [-0.1, -0.05) is 44.2 Å². The lowest BCUT2D eigenvalue weighted by Gasteiger charge is -2.32. The Bertz CT molecular complexity index is 1440. The summed E-state index contributed by atoms with van der Waals surface area (Å²) in [4.78, 5) is 6.46. The van der Waals surface area contributed by atoms with Gasteiger partial charge < -0.3 is 9.32 Å². The summed E-state index contributed by atoms with van der Waals surface area (Å²) in [6, 6.07) is 8.06. The Kier molecular flexibility index (Phi) is 5.01. The zero-order valence-corrected chi connectivity index (χ0v) is 19.3. The molecule has 0 amide bonds. The van der Waals surface area contributed by atoms with Crippen molar-refractivity contribution >= 4 is 34.0 Å². The summed E-state index contributed by atoms with van der Waals surface area (Å²) in [5.41, 5.74) is 3.44. The molecule has 3 nitrogen and oxygen atoms in total. The second-order valence-electron chi connectivity index (χ2n) is 9.63. The Morgan fingerprint density at radius 3 is 2.53 bits per heavy atom. The smallest absolute Gasteiger partial charge is 0.394 e. The predicted octanol–water partition coefficient (Wildman–Crippen LogP) is 7.56. The van der Waals surface area contributed by atoms with Gasteiger partial charge in [-0.2, -0.15) is 13.2 Å². The van der Waals surface area contributed by atoms with Crippen LogP contribution in [0.3, 0.4) is 0 Å². The highest BCUT2D eigenvalue weighted by atomic mass is 19.4. The first kappa shape index (κ1) is 22.4. The highest BCUT2D eigenvalue weighted by Gasteiger charge is 2.47. The minimum Gasteiger partial charge on any atom is -0.455 e. The van der Waals surface area contributed by atoms with Crippen LogP contribution in [0.2, 0.25) is 0 Å². The maximum absolute atomic E-state index is 13.8. The first-order valence-electron chi connectivity index (χ1n) is 11.0. The third-order valence-corrected chi connectivity index (χ3v) is 6.66. The van der Waals surface area contributed by atoms with Gasteiger partial charge in [0.05, 0.1) is 23.5 Å². The second-order valence-corrected chi connectivity index (χ2v) is 9.63. The van der Waals surface area contributed by atoms with Gasteiger partial charge in [0.15, 0.2) is 0 Å². The topological polar surface area (TPSA) is 28.7 Å². The van der Waals surface area contributed by atoms with Gasteiger partial charge in [-0.15, -0.1) is 0 Å². The largest absolute Gasteiger partial charge is 0.455 e. The van der Waals surface area contributed by atoms with Crippen LogP contribution in [0, 0.1) is 18.2 Å². The second kappa shape index (κ2) is 7.58. The Balaban J connectivity index is 1.64.